The average molecular weight is 283 g/mol. The summed E-state index contributed by atoms with van der Waals surface area (Å²) in [6.07, 6.45) is 2.93. The second kappa shape index (κ2) is 4.96. The molecular formula is C15H17N5O. The molecule has 0 radical (unpaired) electrons. The summed E-state index contributed by atoms with van der Waals surface area (Å²) in [5.41, 5.74) is 2.39. The van der Waals surface area contributed by atoms with Crippen molar-refractivity contribution in [3.8, 4) is 0 Å². The minimum absolute atomic E-state index is 0.363. The summed E-state index contributed by atoms with van der Waals surface area (Å²) in [5, 5.41) is 12.1. The largest absolute Gasteiger partial charge is 0.339 e. The lowest BCUT2D eigenvalue weighted by Gasteiger charge is -2.15. The van der Waals surface area contributed by atoms with Crippen molar-refractivity contribution in [1.29, 1.82) is 0 Å². The smallest absolute Gasteiger partial charge is 0.231 e. The van der Waals surface area contributed by atoms with Gasteiger partial charge in [0.2, 0.25) is 5.89 Å². The lowest BCUT2D eigenvalue weighted by molar-refractivity contribution is 0.309. The predicted octanol–water partition coefficient (Wildman–Crippen LogP) is 2.24. The van der Waals surface area contributed by atoms with Gasteiger partial charge in [-0.05, 0) is 31.5 Å². The number of benzene rings is 1. The minimum atomic E-state index is 0.363. The van der Waals surface area contributed by atoms with Gasteiger partial charge in [0.15, 0.2) is 5.82 Å². The topological polar surface area (TPSA) is 70.8 Å². The Bertz CT molecular complexity index is 762. The Morgan fingerprint density at radius 1 is 1.43 bits per heavy atom. The van der Waals surface area contributed by atoms with Crippen LogP contribution in [0.25, 0.3) is 10.9 Å². The third kappa shape index (κ3) is 2.42. The molecule has 0 bridgehead atoms. The van der Waals surface area contributed by atoms with Crippen LogP contribution in [0, 0.1) is 6.92 Å². The molecule has 21 heavy (non-hydrogen) atoms. The first kappa shape index (κ1) is 12.5. The molecule has 1 unspecified atom stereocenters. The zero-order valence-electron chi connectivity index (χ0n) is 11.9. The van der Waals surface area contributed by atoms with Crippen molar-refractivity contribution >= 4 is 10.9 Å². The summed E-state index contributed by atoms with van der Waals surface area (Å²) in [4.78, 5) is 6.78. The number of aromatic nitrogens is 4. The van der Waals surface area contributed by atoms with E-state index in [0.717, 1.165) is 42.8 Å². The first-order valence-electron chi connectivity index (χ1n) is 7.22. The van der Waals surface area contributed by atoms with E-state index >= 15 is 0 Å². The van der Waals surface area contributed by atoms with E-state index in [2.05, 4.69) is 43.4 Å². The van der Waals surface area contributed by atoms with E-state index in [4.69, 9.17) is 4.52 Å². The summed E-state index contributed by atoms with van der Waals surface area (Å²) >= 11 is 0. The monoisotopic (exact) mass is 283 g/mol. The van der Waals surface area contributed by atoms with E-state index < -0.39 is 0 Å². The first-order chi connectivity index (χ1) is 10.3. The van der Waals surface area contributed by atoms with Crippen LogP contribution in [0.1, 0.15) is 29.6 Å². The van der Waals surface area contributed by atoms with Crippen molar-refractivity contribution in [2.45, 2.75) is 25.8 Å². The number of aryl methyl sites for hydroxylation is 1. The maximum atomic E-state index is 5.29. The highest BCUT2D eigenvalue weighted by atomic mass is 16.5. The maximum absolute atomic E-state index is 5.29. The molecule has 0 aliphatic carbocycles. The van der Waals surface area contributed by atoms with Gasteiger partial charge in [0, 0.05) is 18.5 Å². The van der Waals surface area contributed by atoms with Crippen LogP contribution in [0.3, 0.4) is 0 Å². The lowest BCUT2D eigenvalue weighted by Crippen LogP contribution is -2.19. The van der Waals surface area contributed by atoms with Crippen LogP contribution in [0.15, 0.2) is 28.9 Å². The number of fused-ring (bicyclic) bond motifs is 1. The molecule has 2 aromatic heterocycles. The number of aromatic amines is 1. The first-order valence-corrected chi connectivity index (χ1v) is 7.22. The molecule has 1 saturated heterocycles. The number of H-pyrrole nitrogens is 1. The van der Waals surface area contributed by atoms with E-state index in [0.29, 0.717) is 11.7 Å². The van der Waals surface area contributed by atoms with E-state index in [9.17, 15) is 0 Å². The van der Waals surface area contributed by atoms with Crippen LogP contribution in [-0.4, -0.2) is 38.3 Å². The fourth-order valence-electron chi connectivity index (χ4n) is 3.00. The molecule has 108 valence electrons. The maximum Gasteiger partial charge on any atom is 0.231 e. The Morgan fingerprint density at radius 3 is 3.24 bits per heavy atom. The normalized spacial score (nSPS) is 19.6. The van der Waals surface area contributed by atoms with Crippen molar-refractivity contribution in [3.05, 3.63) is 41.7 Å². The van der Waals surface area contributed by atoms with Crippen molar-refractivity contribution in [3.63, 3.8) is 0 Å². The molecule has 1 atom stereocenters. The molecule has 6 nitrogen and oxygen atoms in total. The fourth-order valence-corrected chi connectivity index (χ4v) is 3.00. The SMILES string of the molecule is Cc1noc(C2CCN(Cc3ccc4cn[nH]c4c3)C2)n1. The second-order valence-corrected chi connectivity index (χ2v) is 5.69. The van der Waals surface area contributed by atoms with Crippen LogP contribution in [0.4, 0.5) is 0 Å². The molecule has 3 aromatic rings. The summed E-state index contributed by atoms with van der Waals surface area (Å²) in [6.45, 7) is 4.84. The zero-order chi connectivity index (χ0) is 14.2. The molecule has 1 aromatic carbocycles. The van der Waals surface area contributed by atoms with E-state index in [-0.39, 0.29) is 0 Å². The third-order valence-corrected chi connectivity index (χ3v) is 4.08. The minimum Gasteiger partial charge on any atom is -0.339 e. The Labute approximate surface area is 122 Å². The Kier molecular flexibility index (Phi) is 2.96. The molecular weight excluding hydrogens is 266 g/mol. The second-order valence-electron chi connectivity index (χ2n) is 5.69. The van der Waals surface area contributed by atoms with Crippen LogP contribution < -0.4 is 0 Å². The highest BCUT2D eigenvalue weighted by Crippen LogP contribution is 2.27. The van der Waals surface area contributed by atoms with Crippen LogP contribution >= 0.6 is 0 Å². The molecule has 1 N–H and O–H groups in total. The molecule has 1 aliphatic heterocycles. The molecule has 0 amide bonds. The van der Waals surface area contributed by atoms with Crippen LogP contribution in [0.2, 0.25) is 0 Å². The fraction of sp³-hybridized carbons (Fsp3) is 0.400. The van der Waals surface area contributed by atoms with E-state index in [1.807, 2.05) is 13.1 Å². The van der Waals surface area contributed by atoms with Crippen LogP contribution in [0.5, 0.6) is 0 Å². The number of hydrogen-bond acceptors (Lipinski definition) is 5. The van der Waals surface area contributed by atoms with Gasteiger partial charge < -0.3 is 4.52 Å². The molecule has 1 fully saturated rings. The van der Waals surface area contributed by atoms with Crippen molar-refractivity contribution in [2.24, 2.45) is 0 Å². The van der Waals surface area contributed by atoms with Crippen molar-refractivity contribution < 1.29 is 4.52 Å². The van der Waals surface area contributed by atoms with Gasteiger partial charge in [-0.1, -0.05) is 17.3 Å². The predicted molar refractivity (Wildman–Crippen MR) is 77.8 cm³/mol. The number of likely N-dealkylation sites (tertiary alicyclic amines) is 1. The Morgan fingerprint density at radius 2 is 2.38 bits per heavy atom. The van der Waals surface area contributed by atoms with Gasteiger partial charge in [0.25, 0.3) is 0 Å². The molecule has 4 rings (SSSR count). The number of rotatable bonds is 3. The van der Waals surface area contributed by atoms with Gasteiger partial charge in [-0.3, -0.25) is 10.00 Å². The average Bonchev–Trinajstić information content (AvgIpc) is 3.18. The molecule has 0 spiro atoms. The molecule has 3 heterocycles. The molecule has 0 saturated carbocycles. The van der Waals surface area contributed by atoms with Gasteiger partial charge in [0.05, 0.1) is 17.6 Å². The van der Waals surface area contributed by atoms with Gasteiger partial charge in [-0.2, -0.15) is 10.1 Å². The molecule has 1 aliphatic rings. The van der Waals surface area contributed by atoms with Gasteiger partial charge in [-0.25, -0.2) is 0 Å². The van der Waals surface area contributed by atoms with Crippen molar-refractivity contribution in [1.82, 2.24) is 25.2 Å². The summed E-state index contributed by atoms with van der Waals surface area (Å²) in [7, 11) is 0. The van der Waals surface area contributed by atoms with E-state index in [1.165, 1.54) is 5.56 Å². The van der Waals surface area contributed by atoms with Crippen molar-refractivity contribution in [2.75, 3.05) is 13.1 Å². The quantitative estimate of drug-likeness (QED) is 0.798. The standard InChI is InChI=1S/C15H17N5O/c1-10-17-15(21-19-10)13-4-5-20(9-13)8-11-2-3-12-7-16-18-14(12)6-11/h2-3,6-7,13H,4-5,8-9H2,1H3,(H,16,18). The lowest BCUT2D eigenvalue weighted by atomic mass is 10.1. The Hall–Kier alpha value is -2.21. The van der Waals surface area contributed by atoms with Gasteiger partial charge in [0.1, 0.15) is 0 Å². The number of hydrogen-bond donors (Lipinski definition) is 1. The highest BCUT2D eigenvalue weighted by molar-refractivity contribution is 5.78. The third-order valence-electron chi connectivity index (χ3n) is 4.08. The summed E-state index contributed by atoms with van der Waals surface area (Å²) < 4.78 is 5.29. The number of nitrogens with zero attached hydrogens (tertiary/aromatic N) is 4. The Balaban J connectivity index is 1.46. The summed E-state index contributed by atoms with van der Waals surface area (Å²) in [5.74, 6) is 1.86. The highest BCUT2D eigenvalue weighted by Gasteiger charge is 2.27. The summed E-state index contributed by atoms with van der Waals surface area (Å²) in [6, 6.07) is 6.46. The van der Waals surface area contributed by atoms with Gasteiger partial charge in [-0.15, -0.1) is 0 Å². The molecule has 6 heteroatoms. The zero-order valence-corrected chi connectivity index (χ0v) is 11.9. The number of nitrogens with one attached hydrogen (secondary N) is 1. The van der Waals surface area contributed by atoms with Gasteiger partial charge >= 0.3 is 0 Å². The van der Waals surface area contributed by atoms with E-state index in [1.54, 1.807) is 0 Å². The van der Waals surface area contributed by atoms with Crippen LogP contribution in [-0.2, 0) is 6.54 Å².